The fraction of sp³-hybridized carbons (Fsp3) is 0.611. The van der Waals surface area contributed by atoms with Crippen molar-refractivity contribution in [3.05, 3.63) is 35.4 Å². The van der Waals surface area contributed by atoms with Gasteiger partial charge in [-0.3, -0.25) is 9.89 Å². The van der Waals surface area contributed by atoms with E-state index in [1.165, 1.54) is 11.1 Å². The number of fused-ring (bicyclic) bond motifs is 1. The van der Waals surface area contributed by atoms with Crippen LogP contribution in [0.3, 0.4) is 0 Å². The number of likely N-dealkylation sites (tertiary alicyclic amines) is 1. The van der Waals surface area contributed by atoms with Crippen molar-refractivity contribution in [3.8, 4) is 0 Å². The molecule has 0 amide bonds. The zero-order valence-corrected chi connectivity index (χ0v) is 16.8. The normalized spacial score (nSPS) is 21.3. The first kappa shape index (κ1) is 19.5. The smallest absolute Gasteiger partial charge is 0.194 e. The van der Waals surface area contributed by atoms with Crippen molar-refractivity contribution in [1.82, 2.24) is 15.1 Å². The topological polar surface area (TPSA) is 51.1 Å². The molecule has 134 valence electrons. The van der Waals surface area contributed by atoms with Crippen molar-refractivity contribution >= 4 is 29.9 Å². The summed E-state index contributed by atoms with van der Waals surface area (Å²) in [4.78, 5) is 9.41. The van der Waals surface area contributed by atoms with Crippen LogP contribution in [0, 0.1) is 0 Å². The SMILES string of the molecule is CCNC(=NCCN1CCc2ccccc2C1)N1CC[C@@H](O)C1.I. The maximum Gasteiger partial charge on any atom is 0.194 e. The van der Waals surface area contributed by atoms with Gasteiger partial charge in [-0.15, -0.1) is 24.0 Å². The van der Waals surface area contributed by atoms with Gasteiger partial charge >= 0.3 is 0 Å². The van der Waals surface area contributed by atoms with Crippen LogP contribution in [0.25, 0.3) is 0 Å². The van der Waals surface area contributed by atoms with E-state index in [9.17, 15) is 5.11 Å². The van der Waals surface area contributed by atoms with Gasteiger partial charge in [0.05, 0.1) is 12.6 Å². The average Bonchev–Trinajstić information content (AvgIpc) is 3.00. The van der Waals surface area contributed by atoms with E-state index in [2.05, 4.69) is 46.3 Å². The Balaban J connectivity index is 0.00000208. The van der Waals surface area contributed by atoms with E-state index in [0.29, 0.717) is 6.54 Å². The van der Waals surface area contributed by atoms with Crippen molar-refractivity contribution < 1.29 is 5.11 Å². The number of guanidine groups is 1. The van der Waals surface area contributed by atoms with Crippen LogP contribution in [0.4, 0.5) is 0 Å². The number of aliphatic imine (C=N–C) groups is 1. The van der Waals surface area contributed by atoms with E-state index < -0.39 is 0 Å². The van der Waals surface area contributed by atoms with E-state index in [1.54, 1.807) is 0 Å². The minimum Gasteiger partial charge on any atom is -0.391 e. The van der Waals surface area contributed by atoms with Crippen LogP contribution >= 0.6 is 24.0 Å². The highest BCUT2D eigenvalue weighted by Crippen LogP contribution is 2.18. The summed E-state index contributed by atoms with van der Waals surface area (Å²) in [6.07, 6.45) is 1.77. The number of nitrogens with zero attached hydrogens (tertiary/aromatic N) is 3. The molecule has 24 heavy (non-hydrogen) atoms. The Labute approximate surface area is 162 Å². The predicted octanol–water partition coefficient (Wildman–Crippen LogP) is 1.69. The lowest BCUT2D eigenvalue weighted by Crippen LogP contribution is -2.41. The van der Waals surface area contributed by atoms with Gasteiger partial charge in [-0.2, -0.15) is 0 Å². The molecule has 2 aliphatic rings. The highest BCUT2D eigenvalue weighted by Gasteiger charge is 2.23. The summed E-state index contributed by atoms with van der Waals surface area (Å²) >= 11 is 0. The Hall–Kier alpha value is -0.860. The van der Waals surface area contributed by atoms with Gasteiger partial charge in [0.15, 0.2) is 5.96 Å². The maximum absolute atomic E-state index is 9.71. The number of hydrogen-bond acceptors (Lipinski definition) is 3. The van der Waals surface area contributed by atoms with Crippen LogP contribution in [0.15, 0.2) is 29.3 Å². The lowest BCUT2D eigenvalue weighted by atomic mass is 10.00. The summed E-state index contributed by atoms with van der Waals surface area (Å²) in [5, 5.41) is 13.1. The second kappa shape index (κ2) is 9.58. The second-order valence-corrected chi connectivity index (χ2v) is 6.42. The molecule has 3 rings (SSSR count). The summed E-state index contributed by atoms with van der Waals surface area (Å²) in [5.74, 6) is 0.946. The number of nitrogens with one attached hydrogen (secondary N) is 1. The molecule has 5 nitrogen and oxygen atoms in total. The fourth-order valence-corrected chi connectivity index (χ4v) is 3.40. The summed E-state index contributed by atoms with van der Waals surface area (Å²) in [7, 11) is 0. The van der Waals surface area contributed by atoms with Crippen LogP contribution in [0.1, 0.15) is 24.5 Å². The molecule has 0 aromatic heterocycles. The molecular weight excluding hydrogens is 415 g/mol. The van der Waals surface area contributed by atoms with Gasteiger partial charge < -0.3 is 15.3 Å². The monoisotopic (exact) mass is 444 g/mol. The van der Waals surface area contributed by atoms with E-state index >= 15 is 0 Å². The van der Waals surface area contributed by atoms with Crippen molar-refractivity contribution in [2.75, 3.05) is 39.3 Å². The minimum atomic E-state index is -0.211. The number of halogens is 1. The molecule has 0 saturated carbocycles. The first-order valence-corrected chi connectivity index (χ1v) is 8.76. The molecule has 2 N–H and O–H groups in total. The number of aliphatic hydroxyl groups excluding tert-OH is 1. The van der Waals surface area contributed by atoms with E-state index in [-0.39, 0.29) is 30.1 Å². The third-order valence-corrected chi connectivity index (χ3v) is 4.69. The predicted molar refractivity (Wildman–Crippen MR) is 109 cm³/mol. The molecule has 2 aliphatic heterocycles. The zero-order chi connectivity index (χ0) is 16.1. The van der Waals surface area contributed by atoms with E-state index in [1.807, 2.05) is 0 Å². The van der Waals surface area contributed by atoms with Gasteiger partial charge in [0, 0.05) is 39.3 Å². The highest BCUT2D eigenvalue weighted by molar-refractivity contribution is 14.0. The summed E-state index contributed by atoms with van der Waals surface area (Å²) < 4.78 is 0. The van der Waals surface area contributed by atoms with Gasteiger partial charge in [-0.05, 0) is 30.9 Å². The largest absolute Gasteiger partial charge is 0.391 e. The van der Waals surface area contributed by atoms with Crippen LogP contribution in [-0.4, -0.2) is 66.2 Å². The summed E-state index contributed by atoms with van der Waals surface area (Å²) in [5.41, 5.74) is 2.95. The lowest BCUT2D eigenvalue weighted by Gasteiger charge is -2.28. The summed E-state index contributed by atoms with van der Waals surface area (Å²) in [6.45, 7) is 8.48. The van der Waals surface area contributed by atoms with Gasteiger partial charge in [-0.25, -0.2) is 0 Å². The third kappa shape index (κ3) is 5.07. The molecule has 1 aromatic carbocycles. The lowest BCUT2D eigenvalue weighted by molar-refractivity contribution is 0.187. The molecule has 0 bridgehead atoms. The average molecular weight is 444 g/mol. The van der Waals surface area contributed by atoms with E-state index in [0.717, 1.165) is 58.1 Å². The standard InChI is InChI=1S/C18H28N4O.HI/c1-2-19-18(22-11-8-17(23)14-22)20-9-12-21-10-7-15-5-3-4-6-16(15)13-21;/h3-6,17,23H,2,7-14H2,1H3,(H,19,20);1H/t17-;/m1./s1. The van der Waals surface area contributed by atoms with Gasteiger partial charge in [-0.1, -0.05) is 24.3 Å². The zero-order valence-electron chi connectivity index (χ0n) is 14.4. The number of benzene rings is 1. The van der Waals surface area contributed by atoms with Crippen molar-refractivity contribution in [2.45, 2.75) is 32.4 Å². The number of rotatable bonds is 4. The van der Waals surface area contributed by atoms with Crippen LogP contribution in [0.2, 0.25) is 0 Å². The Morgan fingerprint density at radius 1 is 1.29 bits per heavy atom. The van der Waals surface area contributed by atoms with Gasteiger partial charge in [0.1, 0.15) is 0 Å². The maximum atomic E-state index is 9.71. The third-order valence-electron chi connectivity index (χ3n) is 4.69. The minimum absolute atomic E-state index is 0. The fourth-order valence-electron chi connectivity index (χ4n) is 3.40. The molecule has 6 heteroatoms. The van der Waals surface area contributed by atoms with Crippen molar-refractivity contribution in [3.63, 3.8) is 0 Å². The Morgan fingerprint density at radius 2 is 2.08 bits per heavy atom. The Kier molecular flexibility index (Phi) is 7.77. The van der Waals surface area contributed by atoms with Crippen molar-refractivity contribution in [1.29, 1.82) is 0 Å². The second-order valence-electron chi connectivity index (χ2n) is 6.42. The first-order chi connectivity index (χ1) is 11.3. The Morgan fingerprint density at radius 3 is 2.79 bits per heavy atom. The molecule has 2 heterocycles. The van der Waals surface area contributed by atoms with Gasteiger partial charge in [0.2, 0.25) is 0 Å². The van der Waals surface area contributed by atoms with Crippen LogP contribution < -0.4 is 5.32 Å². The van der Waals surface area contributed by atoms with Crippen molar-refractivity contribution in [2.24, 2.45) is 4.99 Å². The molecule has 0 radical (unpaired) electrons. The van der Waals surface area contributed by atoms with Gasteiger partial charge in [0.25, 0.3) is 0 Å². The number of aliphatic hydroxyl groups is 1. The quantitative estimate of drug-likeness (QED) is 0.422. The number of β-amino-alcohol motifs (C(OH)–C–C–N with tert-alkyl or cyclic N) is 1. The van der Waals surface area contributed by atoms with Crippen LogP contribution in [0.5, 0.6) is 0 Å². The highest BCUT2D eigenvalue weighted by atomic mass is 127. The molecule has 0 aliphatic carbocycles. The van der Waals surface area contributed by atoms with Crippen LogP contribution in [-0.2, 0) is 13.0 Å². The summed E-state index contributed by atoms with van der Waals surface area (Å²) in [6, 6.07) is 8.74. The molecule has 0 spiro atoms. The molecule has 1 saturated heterocycles. The molecular formula is C18H29IN4O. The Bertz CT molecular complexity index is 552. The molecule has 1 atom stereocenters. The van der Waals surface area contributed by atoms with E-state index in [4.69, 9.17) is 4.99 Å². The molecule has 1 fully saturated rings. The number of hydrogen-bond donors (Lipinski definition) is 2. The molecule has 1 aromatic rings. The molecule has 0 unspecified atom stereocenters. The first-order valence-electron chi connectivity index (χ1n) is 8.76.